The van der Waals surface area contributed by atoms with Crippen LogP contribution in [0.5, 0.6) is 11.5 Å². The lowest BCUT2D eigenvalue weighted by atomic mass is 9.99. The first kappa shape index (κ1) is 21.6. The van der Waals surface area contributed by atoms with Crippen LogP contribution in [-0.4, -0.2) is 40.8 Å². The number of carbonyl (C=O) groups excluding carboxylic acids is 2. The minimum atomic E-state index is -0.732. The molecule has 2 atom stereocenters. The summed E-state index contributed by atoms with van der Waals surface area (Å²) in [5.41, 5.74) is 1.14. The molecule has 0 saturated heterocycles. The molecule has 0 radical (unpaired) electrons. The van der Waals surface area contributed by atoms with Crippen molar-refractivity contribution in [2.24, 2.45) is 0 Å². The van der Waals surface area contributed by atoms with E-state index in [2.05, 4.69) is 0 Å². The molecule has 3 rings (SSSR count). The summed E-state index contributed by atoms with van der Waals surface area (Å²) in [6.45, 7) is 2.37. The van der Waals surface area contributed by atoms with Crippen LogP contribution < -0.4 is 0 Å². The second-order valence-electron chi connectivity index (χ2n) is 7.47. The molecule has 0 bridgehead atoms. The highest BCUT2D eigenvalue weighted by Gasteiger charge is 2.25. The molecule has 2 aromatic carbocycles. The fourth-order valence-electron chi connectivity index (χ4n) is 3.54. The third-order valence-corrected chi connectivity index (χ3v) is 4.92. The monoisotopic (exact) mass is 410 g/mol. The standard InChI is InChI=1S/C24H26O6/c1-16-11-21(12-17-7-3-2-4-8-17)30-24(28)23-18(14-20(26)15-22(23)27)13-19(25)9-5-6-10-29-16/h2-5,7-9,14-16,21,26-27H,6,10-13H2,1H3/b9-5+/t16?,21-/m0/s1. The second-order valence-corrected chi connectivity index (χ2v) is 7.47. The van der Waals surface area contributed by atoms with Gasteiger partial charge in [-0.1, -0.05) is 36.4 Å². The number of phenolic OH excluding ortho intramolecular Hbond substituents is 2. The third-order valence-electron chi connectivity index (χ3n) is 4.92. The predicted octanol–water partition coefficient (Wildman–Crippen LogP) is 3.73. The van der Waals surface area contributed by atoms with Crippen LogP contribution >= 0.6 is 0 Å². The lowest BCUT2D eigenvalue weighted by Gasteiger charge is -2.23. The molecule has 0 fully saturated rings. The maximum Gasteiger partial charge on any atom is 0.342 e. The molecule has 0 spiro atoms. The molecule has 1 unspecified atom stereocenters. The van der Waals surface area contributed by atoms with Crippen molar-refractivity contribution in [2.75, 3.05) is 6.61 Å². The number of hydrogen-bond donors (Lipinski definition) is 2. The zero-order valence-corrected chi connectivity index (χ0v) is 16.9. The minimum Gasteiger partial charge on any atom is -0.508 e. The van der Waals surface area contributed by atoms with Crippen molar-refractivity contribution < 1.29 is 29.3 Å². The maximum atomic E-state index is 13.0. The Labute approximate surface area is 175 Å². The van der Waals surface area contributed by atoms with Crippen LogP contribution in [0.2, 0.25) is 0 Å². The van der Waals surface area contributed by atoms with E-state index in [0.717, 1.165) is 11.6 Å². The van der Waals surface area contributed by atoms with Crippen molar-refractivity contribution in [3.05, 3.63) is 71.3 Å². The van der Waals surface area contributed by atoms with Gasteiger partial charge in [-0.05, 0) is 36.6 Å². The van der Waals surface area contributed by atoms with Gasteiger partial charge in [0.1, 0.15) is 23.2 Å². The van der Waals surface area contributed by atoms with E-state index in [-0.39, 0.29) is 35.2 Å². The van der Waals surface area contributed by atoms with Gasteiger partial charge in [0.05, 0.1) is 12.7 Å². The van der Waals surface area contributed by atoms with Crippen molar-refractivity contribution in [3.8, 4) is 11.5 Å². The van der Waals surface area contributed by atoms with Crippen LogP contribution in [0.4, 0.5) is 0 Å². The summed E-state index contributed by atoms with van der Waals surface area (Å²) in [6, 6.07) is 12.0. The van der Waals surface area contributed by atoms with Gasteiger partial charge in [0.2, 0.25) is 0 Å². The number of rotatable bonds is 2. The Morgan fingerprint density at radius 2 is 1.87 bits per heavy atom. The van der Waals surface area contributed by atoms with Crippen molar-refractivity contribution in [1.29, 1.82) is 0 Å². The van der Waals surface area contributed by atoms with Gasteiger partial charge in [0, 0.05) is 25.3 Å². The topological polar surface area (TPSA) is 93.1 Å². The van der Waals surface area contributed by atoms with Gasteiger partial charge in [-0.25, -0.2) is 4.79 Å². The van der Waals surface area contributed by atoms with E-state index in [1.54, 1.807) is 6.08 Å². The zero-order valence-electron chi connectivity index (χ0n) is 16.9. The minimum absolute atomic E-state index is 0.0988. The summed E-state index contributed by atoms with van der Waals surface area (Å²) in [4.78, 5) is 25.3. The van der Waals surface area contributed by atoms with E-state index in [0.29, 0.717) is 25.9 Å². The second kappa shape index (κ2) is 10.1. The Morgan fingerprint density at radius 1 is 1.10 bits per heavy atom. The lowest BCUT2D eigenvalue weighted by Crippen LogP contribution is -2.27. The number of aromatic hydroxyl groups is 2. The maximum absolute atomic E-state index is 13.0. The molecule has 1 aliphatic rings. The Bertz CT molecular complexity index is 919. The molecular weight excluding hydrogens is 384 g/mol. The smallest absolute Gasteiger partial charge is 0.342 e. The van der Waals surface area contributed by atoms with Gasteiger partial charge in [-0.2, -0.15) is 0 Å². The molecular formula is C24H26O6. The first-order valence-electron chi connectivity index (χ1n) is 10.0. The van der Waals surface area contributed by atoms with Crippen LogP contribution in [0, 0.1) is 0 Å². The van der Waals surface area contributed by atoms with E-state index >= 15 is 0 Å². The van der Waals surface area contributed by atoms with Crippen molar-refractivity contribution in [3.63, 3.8) is 0 Å². The number of allylic oxidation sites excluding steroid dienone is 1. The van der Waals surface area contributed by atoms with Gasteiger partial charge in [-0.3, -0.25) is 4.79 Å². The molecule has 158 valence electrons. The predicted molar refractivity (Wildman–Crippen MR) is 112 cm³/mol. The van der Waals surface area contributed by atoms with Gasteiger partial charge in [-0.15, -0.1) is 0 Å². The van der Waals surface area contributed by atoms with E-state index in [9.17, 15) is 19.8 Å². The summed E-state index contributed by atoms with van der Waals surface area (Å²) in [7, 11) is 0. The number of hydrogen-bond acceptors (Lipinski definition) is 6. The number of benzene rings is 2. The van der Waals surface area contributed by atoms with Crippen molar-refractivity contribution in [1.82, 2.24) is 0 Å². The third kappa shape index (κ3) is 5.94. The molecule has 0 saturated carbocycles. The number of carbonyl (C=O) groups is 2. The zero-order chi connectivity index (χ0) is 21.5. The average molecular weight is 410 g/mol. The normalized spacial score (nSPS) is 21.9. The van der Waals surface area contributed by atoms with E-state index in [1.165, 1.54) is 12.1 Å². The highest BCUT2D eigenvalue weighted by molar-refractivity contribution is 5.98. The van der Waals surface area contributed by atoms with Gasteiger partial charge < -0.3 is 19.7 Å². The molecule has 0 aromatic heterocycles. The van der Waals surface area contributed by atoms with E-state index < -0.39 is 17.8 Å². The molecule has 2 aromatic rings. The first-order chi connectivity index (χ1) is 14.4. The number of cyclic esters (lactones) is 1. The Morgan fingerprint density at radius 3 is 2.63 bits per heavy atom. The summed E-state index contributed by atoms with van der Waals surface area (Å²) < 4.78 is 11.6. The van der Waals surface area contributed by atoms with Crippen LogP contribution in [0.1, 0.15) is 41.3 Å². The van der Waals surface area contributed by atoms with Gasteiger partial charge >= 0.3 is 5.97 Å². The number of esters is 1. The van der Waals surface area contributed by atoms with Gasteiger partial charge in [0.15, 0.2) is 5.78 Å². The highest BCUT2D eigenvalue weighted by atomic mass is 16.5. The summed E-state index contributed by atoms with van der Waals surface area (Å²) in [5, 5.41) is 20.1. The SMILES string of the molecule is CC1C[C@@H](Cc2ccccc2)OC(=O)c2c(O)cc(O)cc2CC(=O)/C=C/CCO1. The summed E-state index contributed by atoms with van der Waals surface area (Å²) in [6.07, 6.45) is 3.93. The molecule has 30 heavy (non-hydrogen) atoms. The highest BCUT2D eigenvalue weighted by Crippen LogP contribution is 2.29. The fourth-order valence-corrected chi connectivity index (χ4v) is 3.54. The van der Waals surface area contributed by atoms with E-state index in [1.807, 2.05) is 37.3 Å². The van der Waals surface area contributed by atoms with Crippen LogP contribution in [0.25, 0.3) is 0 Å². The molecule has 6 heteroatoms. The Kier molecular flexibility index (Phi) is 7.25. The number of phenols is 2. The Hall–Kier alpha value is -3.12. The molecule has 0 aliphatic carbocycles. The largest absolute Gasteiger partial charge is 0.508 e. The van der Waals surface area contributed by atoms with Crippen LogP contribution in [0.3, 0.4) is 0 Å². The van der Waals surface area contributed by atoms with Gasteiger partial charge in [0.25, 0.3) is 0 Å². The Balaban J connectivity index is 1.94. The average Bonchev–Trinajstić information content (AvgIpc) is 2.67. The number of ether oxygens (including phenoxy) is 2. The molecule has 0 amide bonds. The van der Waals surface area contributed by atoms with Crippen LogP contribution in [0.15, 0.2) is 54.6 Å². The van der Waals surface area contributed by atoms with Crippen molar-refractivity contribution >= 4 is 11.8 Å². The lowest BCUT2D eigenvalue weighted by molar-refractivity contribution is -0.114. The fraction of sp³-hybridized carbons (Fsp3) is 0.333. The number of fused-ring (bicyclic) bond motifs is 1. The number of ketones is 1. The molecule has 2 N–H and O–H groups in total. The van der Waals surface area contributed by atoms with Crippen LogP contribution in [-0.2, 0) is 27.1 Å². The summed E-state index contributed by atoms with van der Waals surface area (Å²) in [5.74, 6) is -1.62. The quantitative estimate of drug-likeness (QED) is 0.733. The van der Waals surface area contributed by atoms with Crippen molar-refractivity contribution in [2.45, 2.75) is 44.8 Å². The molecule has 1 aliphatic heterocycles. The first-order valence-corrected chi connectivity index (χ1v) is 10.0. The van der Waals surface area contributed by atoms with E-state index in [4.69, 9.17) is 9.47 Å². The molecule has 1 heterocycles. The summed E-state index contributed by atoms with van der Waals surface area (Å²) >= 11 is 0. The molecule has 6 nitrogen and oxygen atoms in total.